The van der Waals surface area contributed by atoms with Crippen molar-refractivity contribution in [2.45, 2.75) is 36.8 Å². The molecule has 0 aromatic carbocycles. The number of hydrogen-bond donors (Lipinski definition) is 1. The van der Waals surface area contributed by atoms with E-state index < -0.39 is 10.0 Å². The quantitative estimate of drug-likeness (QED) is 0.860. The maximum Gasteiger partial charge on any atom is 0.244 e. The second kappa shape index (κ2) is 5.21. The van der Waals surface area contributed by atoms with Crippen LogP contribution in [-0.2, 0) is 20.6 Å². The SMILES string of the molecule is CC1CN(S(=O)(=O)c2c[nH]c(CCl)c2)CC(C)O1. The van der Waals surface area contributed by atoms with Crippen LogP contribution >= 0.6 is 11.6 Å². The van der Waals surface area contributed by atoms with E-state index in [-0.39, 0.29) is 23.0 Å². The highest BCUT2D eigenvalue weighted by molar-refractivity contribution is 7.89. The molecule has 102 valence electrons. The Morgan fingerprint density at radius 2 is 2.06 bits per heavy atom. The Labute approximate surface area is 112 Å². The van der Waals surface area contributed by atoms with Crippen LogP contribution in [0.1, 0.15) is 19.5 Å². The van der Waals surface area contributed by atoms with Crippen molar-refractivity contribution < 1.29 is 13.2 Å². The average molecular weight is 293 g/mol. The molecule has 0 amide bonds. The van der Waals surface area contributed by atoms with Gasteiger partial charge >= 0.3 is 0 Å². The Morgan fingerprint density at radius 1 is 1.44 bits per heavy atom. The summed E-state index contributed by atoms with van der Waals surface area (Å²) in [7, 11) is -3.45. The van der Waals surface area contributed by atoms with Gasteiger partial charge in [0.15, 0.2) is 0 Å². The van der Waals surface area contributed by atoms with E-state index in [1.165, 1.54) is 10.5 Å². The summed E-state index contributed by atoms with van der Waals surface area (Å²) in [5, 5.41) is 0. The Bertz CT molecular complexity index is 504. The molecule has 1 aliphatic heterocycles. The number of alkyl halides is 1. The molecule has 2 unspecified atom stereocenters. The van der Waals surface area contributed by atoms with Crippen LogP contribution in [0.15, 0.2) is 17.2 Å². The summed E-state index contributed by atoms with van der Waals surface area (Å²) in [6.07, 6.45) is 1.31. The van der Waals surface area contributed by atoms with Gasteiger partial charge in [-0.1, -0.05) is 0 Å². The minimum absolute atomic E-state index is 0.0880. The van der Waals surface area contributed by atoms with E-state index in [2.05, 4.69) is 4.98 Å². The van der Waals surface area contributed by atoms with Crippen molar-refractivity contribution in [3.8, 4) is 0 Å². The topological polar surface area (TPSA) is 62.4 Å². The van der Waals surface area contributed by atoms with Gasteiger partial charge in [0.2, 0.25) is 10.0 Å². The molecule has 1 aromatic rings. The minimum Gasteiger partial charge on any atom is -0.373 e. The standard InChI is InChI=1S/C11H17ClN2O3S/c1-8-6-14(7-9(2)17-8)18(15,16)11-3-10(4-12)13-5-11/h3,5,8-9,13H,4,6-7H2,1-2H3. The summed E-state index contributed by atoms with van der Waals surface area (Å²) in [5.41, 5.74) is 0.699. The Kier molecular flexibility index (Phi) is 4.01. The van der Waals surface area contributed by atoms with Gasteiger partial charge in [-0.3, -0.25) is 0 Å². The first-order chi connectivity index (χ1) is 8.43. The van der Waals surface area contributed by atoms with E-state index >= 15 is 0 Å². The van der Waals surface area contributed by atoms with Crippen molar-refractivity contribution in [3.05, 3.63) is 18.0 Å². The molecule has 0 bridgehead atoms. The summed E-state index contributed by atoms with van der Waals surface area (Å²) in [4.78, 5) is 3.12. The molecule has 7 heteroatoms. The molecule has 1 aliphatic rings. The number of sulfonamides is 1. The summed E-state index contributed by atoms with van der Waals surface area (Å²) in [5.74, 6) is 0.269. The lowest BCUT2D eigenvalue weighted by molar-refractivity contribution is -0.0440. The second-order valence-electron chi connectivity index (χ2n) is 4.57. The fraction of sp³-hybridized carbons (Fsp3) is 0.636. The molecule has 0 radical (unpaired) electrons. The van der Waals surface area contributed by atoms with Crippen LogP contribution in [0.3, 0.4) is 0 Å². The van der Waals surface area contributed by atoms with Crippen LogP contribution in [0.2, 0.25) is 0 Å². The predicted molar refractivity (Wildman–Crippen MR) is 69.1 cm³/mol. The Balaban J connectivity index is 2.25. The highest BCUT2D eigenvalue weighted by atomic mass is 35.5. The van der Waals surface area contributed by atoms with Gasteiger partial charge in [0, 0.05) is 25.0 Å². The normalized spacial score (nSPS) is 26.4. The van der Waals surface area contributed by atoms with E-state index in [0.717, 1.165) is 0 Å². The van der Waals surface area contributed by atoms with Crippen molar-refractivity contribution in [2.75, 3.05) is 13.1 Å². The number of aromatic nitrogens is 1. The van der Waals surface area contributed by atoms with Crippen molar-refractivity contribution in [3.63, 3.8) is 0 Å². The van der Waals surface area contributed by atoms with Gasteiger partial charge in [0.1, 0.15) is 0 Å². The van der Waals surface area contributed by atoms with Gasteiger partial charge in [0.05, 0.1) is 23.0 Å². The van der Waals surface area contributed by atoms with Crippen molar-refractivity contribution in [1.82, 2.24) is 9.29 Å². The monoisotopic (exact) mass is 292 g/mol. The highest BCUT2D eigenvalue weighted by Crippen LogP contribution is 2.22. The molecular formula is C11H17ClN2O3S. The van der Waals surface area contributed by atoms with Crippen LogP contribution in [0.25, 0.3) is 0 Å². The molecular weight excluding hydrogens is 276 g/mol. The number of aromatic amines is 1. The Hall–Kier alpha value is -0.560. The fourth-order valence-electron chi connectivity index (χ4n) is 2.12. The summed E-state index contributed by atoms with van der Waals surface area (Å²) >= 11 is 5.66. The number of morpholine rings is 1. The summed E-state index contributed by atoms with van der Waals surface area (Å²) < 4.78 is 31.8. The zero-order valence-corrected chi connectivity index (χ0v) is 12.0. The summed E-state index contributed by atoms with van der Waals surface area (Å²) in [6.45, 7) is 4.51. The van der Waals surface area contributed by atoms with Crippen molar-refractivity contribution in [2.24, 2.45) is 0 Å². The Morgan fingerprint density at radius 3 is 2.56 bits per heavy atom. The van der Waals surface area contributed by atoms with E-state index in [4.69, 9.17) is 16.3 Å². The van der Waals surface area contributed by atoms with Crippen LogP contribution < -0.4 is 0 Å². The lowest BCUT2D eigenvalue weighted by Crippen LogP contribution is -2.47. The molecule has 5 nitrogen and oxygen atoms in total. The van der Waals surface area contributed by atoms with Crippen molar-refractivity contribution in [1.29, 1.82) is 0 Å². The molecule has 0 aliphatic carbocycles. The third-order valence-electron chi connectivity index (χ3n) is 2.88. The molecule has 1 saturated heterocycles. The van der Waals surface area contributed by atoms with Crippen LogP contribution in [0, 0.1) is 0 Å². The maximum absolute atomic E-state index is 12.4. The molecule has 1 N–H and O–H groups in total. The van der Waals surface area contributed by atoms with E-state index in [1.807, 2.05) is 13.8 Å². The minimum atomic E-state index is -3.45. The van der Waals surface area contributed by atoms with Gasteiger partial charge in [0.25, 0.3) is 0 Å². The number of rotatable bonds is 3. The molecule has 2 rings (SSSR count). The largest absolute Gasteiger partial charge is 0.373 e. The smallest absolute Gasteiger partial charge is 0.244 e. The molecule has 18 heavy (non-hydrogen) atoms. The van der Waals surface area contributed by atoms with Gasteiger partial charge in [-0.25, -0.2) is 8.42 Å². The van der Waals surface area contributed by atoms with Gasteiger partial charge in [-0.15, -0.1) is 11.6 Å². The zero-order valence-electron chi connectivity index (χ0n) is 10.4. The van der Waals surface area contributed by atoms with Gasteiger partial charge in [-0.05, 0) is 19.9 Å². The molecule has 1 fully saturated rings. The van der Waals surface area contributed by atoms with Gasteiger partial charge < -0.3 is 9.72 Å². The number of nitrogens with one attached hydrogen (secondary N) is 1. The first-order valence-corrected chi connectivity index (χ1v) is 7.80. The molecule has 0 saturated carbocycles. The van der Waals surface area contributed by atoms with E-state index in [1.54, 1.807) is 6.07 Å². The maximum atomic E-state index is 12.4. The van der Waals surface area contributed by atoms with Crippen LogP contribution in [0.5, 0.6) is 0 Å². The second-order valence-corrected chi connectivity index (χ2v) is 6.78. The number of ether oxygens (including phenoxy) is 1. The van der Waals surface area contributed by atoms with Crippen LogP contribution in [0.4, 0.5) is 0 Å². The first kappa shape index (κ1) is 13.9. The third-order valence-corrected chi connectivity index (χ3v) is 4.98. The predicted octanol–water partition coefficient (Wildman–Crippen LogP) is 1.55. The van der Waals surface area contributed by atoms with E-state index in [9.17, 15) is 8.42 Å². The van der Waals surface area contributed by atoms with E-state index in [0.29, 0.717) is 18.8 Å². The lowest BCUT2D eigenvalue weighted by atomic mass is 10.3. The number of nitrogens with zero attached hydrogens (tertiary/aromatic N) is 1. The average Bonchev–Trinajstić information content (AvgIpc) is 2.76. The molecule has 2 atom stereocenters. The molecule has 1 aromatic heterocycles. The highest BCUT2D eigenvalue weighted by Gasteiger charge is 2.32. The molecule has 2 heterocycles. The number of halogens is 1. The van der Waals surface area contributed by atoms with Crippen molar-refractivity contribution >= 4 is 21.6 Å². The zero-order chi connectivity index (χ0) is 13.3. The van der Waals surface area contributed by atoms with Gasteiger partial charge in [-0.2, -0.15) is 4.31 Å². The number of H-pyrrole nitrogens is 1. The summed E-state index contributed by atoms with van der Waals surface area (Å²) in [6, 6.07) is 1.58. The fourth-order valence-corrected chi connectivity index (χ4v) is 3.88. The third kappa shape index (κ3) is 2.71. The lowest BCUT2D eigenvalue weighted by Gasteiger charge is -2.34. The number of hydrogen-bond acceptors (Lipinski definition) is 3. The van der Waals surface area contributed by atoms with Crippen LogP contribution in [-0.4, -0.2) is 43.0 Å². The first-order valence-electron chi connectivity index (χ1n) is 5.82. The molecule has 0 spiro atoms.